The second-order valence-electron chi connectivity index (χ2n) is 4.75. The minimum absolute atomic E-state index is 0.0817. The molecule has 4 nitrogen and oxygen atoms in total. The summed E-state index contributed by atoms with van der Waals surface area (Å²) in [4.78, 5) is 22.2. The molecular weight excluding hydrogens is 257 g/mol. The van der Waals surface area contributed by atoms with Crippen LogP contribution < -0.4 is 0 Å². The van der Waals surface area contributed by atoms with Crippen molar-refractivity contribution in [1.82, 2.24) is 14.9 Å². The SMILES string of the molecule is O=C(c1cccnc1-c1ccncc1F)N1CCCC1. The number of nitrogens with zero attached hydrogens (tertiary/aromatic N) is 3. The molecule has 2 aromatic heterocycles. The Bertz CT molecular complexity index is 639. The summed E-state index contributed by atoms with van der Waals surface area (Å²) in [5.74, 6) is -0.552. The number of aromatic nitrogens is 2. The van der Waals surface area contributed by atoms with Gasteiger partial charge in [-0.25, -0.2) is 4.39 Å². The van der Waals surface area contributed by atoms with E-state index in [0.717, 1.165) is 32.1 Å². The van der Waals surface area contributed by atoms with Gasteiger partial charge in [-0.05, 0) is 31.0 Å². The van der Waals surface area contributed by atoms with Gasteiger partial charge in [0, 0.05) is 31.0 Å². The Hall–Kier alpha value is -2.30. The number of likely N-dealkylation sites (tertiary alicyclic amines) is 1. The van der Waals surface area contributed by atoms with E-state index in [-0.39, 0.29) is 5.91 Å². The summed E-state index contributed by atoms with van der Waals surface area (Å²) in [7, 11) is 0. The number of carbonyl (C=O) groups is 1. The van der Waals surface area contributed by atoms with Gasteiger partial charge in [0.15, 0.2) is 5.82 Å². The Kier molecular flexibility index (Phi) is 3.41. The molecular formula is C15H14FN3O. The number of carbonyl (C=O) groups excluding carboxylic acids is 1. The van der Waals surface area contributed by atoms with E-state index in [1.807, 2.05) is 0 Å². The van der Waals surface area contributed by atoms with Gasteiger partial charge in [0.25, 0.3) is 5.91 Å². The Morgan fingerprint density at radius 1 is 1.20 bits per heavy atom. The predicted molar refractivity (Wildman–Crippen MR) is 72.6 cm³/mol. The summed E-state index contributed by atoms with van der Waals surface area (Å²) in [6, 6.07) is 4.94. The molecule has 3 heterocycles. The number of pyridine rings is 2. The van der Waals surface area contributed by atoms with Gasteiger partial charge in [-0.15, -0.1) is 0 Å². The molecule has 1 aliphatic heterocycles. The molecule has 0 radical (unpaired) electrons. The van der Waals surface area contributed by atoms with Crippen LogP contribution in [0, 0.1) is 5.82 Å². The Morgan fingerprint density at radius 2 is 2.00 bits per heavy atom. The highest BCUT2D eigenvalue weighted by molar-refractivity contribution is 6.00. The first-order chi connectivity index (χ1) is 9.77. The first-order valence-electron chi connectivity index (χ1n) is 6.61. The molecule has 0 aliphatic carbocycles. The first-order valence-corrected chi connectivity index (χ1v) is 6.61. The molecule has 0 saturated carbocycles. The molecule has 0 atom stereocenters. The van der Waals surface area contributed by atoms with Crippen molar-refractivity contribution in [3.05, 3.63) is 48.2 Å². The van der Waals surface area contributed by atoms with Crippen molar-refractivity contribution < 1.29 is 9.18 Å². The summed E-state index contributed by atoms with van der Waals surface area (Å²) in [6.07, 6.45) is 6.23. The average Bonchev–Trinajstić information content (AvgIpc) is 3.01. The normalized spacial score (nSPS) is 14.6. The molecule has 5 heteroatoms. The smallest absolute Gasteiger partial charge is 0.256 e. The van der Waals surface area contributed by atoms with Crippen LogP contribution in [0.15, 0.2) is 36.8 Å². The molecule has 2 aromatic rings. The highest BCUT2D eigenvalue weighted by atomic mass is 19.1. The highest BCUT2D eigenvalue weighted by Crippen LogP contribution is 2.25. The maximum atomic E-state index is 13.9. The van der Waals surface area contributed by atoms with Crippen molar-refractivity contribution in [3.63, 3.8) is 0 Å². The quantitative estimate of drug-likeness (QED) is 0.843. The van der Waals surface area contributed by atoms with E-state index < -0.39 is 5.82 Å². The second kappa shape index (κ2) is 5.36. The van der Waals surface area contributed by atoms with Crippen molar-refractivity contribution in [1.29, 1.82) is 0 Å². The zero-order valence-electron chi connectivity index (χ0n) is 10.9. The van der Waals surface area contributed by atoms with Gasteiger partial charge < -0.3 is 4.90 Å². The number of amides is 1. The van der Waals surface area contributed by atoms with Gasteiger partial charge >= 0.3 is 0 Å². The maximum Gasteiger partial charge on any atom is 0.256 e. The molecule has 102 valence electrons. The third-order valence-corrected chi connectivity index (χ3v) is 3.46. The number of halogens is 1. The Labute approximate surface area is 116 Å². The first kappa shape index (κ1) is 12.7. The van der Waals surface area contributed by atoms with E-state index in [0.29, 0.717) is 16.8 Å². The fraction of sp³-hybridized carbons (Fsp3) is 0.267. The number of rotatable bonds is 2. The largest absolute Gasteiger partial charge is 0.339 e. The van der Waals surface area contributed by atoms with Gasteiger partial charge in [0.2, 0.25) is 0 Å². The lowest BCUT2D eigenvalue weighted by Crippen LogP contribution is -2.28. The summed E-state index contributed by atoms with van der Waals surface area (Å²) in [5, 5.41) is 0. The molecule has 0 N–H and O–H groups in total. The van der Waals surface area contributed by atoms with E-state index in [1.54, 1.807) is 29.3 Å². The van der Waals surface area contributed by atoms with Crippen LogP contribution >= 0.6 is 0 Å². The van der Waals surface area contributed by atoms with E-state index in [2.05, 4.69) is 9.97 Å². The van der Waals surface area contributed by atoms with Crippen LogP contribution in [0.3, 0.4) is 0 Å². The molecule has 0 bridgehead atoms. The summed E-state index contributed by atoms with van der Waals surface area (Å²) >= 11 is 0. The zero-order chi connectivity index (χ0) is 13.9. The Balaban J connectivity index is 2.04. The van der Waals surface area contributed by atoms with Crippen LogP contribution in [-0.2, 0) is 0 Å². The Morgan fingerprint density at radius 3 is 2.75 bits per heavy atom. The van der Waals surface area contributed by atoms with Gasteiger partial charge in [-0.3, -0.25) is 14.8 Å². The van der Waals surface area contributed by atoms with E-state index >= 15 is 0 Å². The molecule has 0 aromatic carbocycles. The van der Waals surface area contributed by atoms with E-state index in [4.69, 9.17) is 0 Å². The van der Waals surface area contributed by atoms with E-state index in [1.165, 1.54) is 6.20 Å². The van der Waals surface area contributed by atoms with Gasteiger partial charge in [0.05, 0.1) is 17.5 Å². The fourth-order valence-corrected chi connectivity index (χ4v) is 2.45. The highest BCUT2D eigenvalue weighted by Gasteiger charge is 2.23. The van der Waals surface area contributed by atoms with Crippen molar-refractivity contribution in [3.8, 4) is 11.3 Å². The molecule has 1 saturated heterocycles. The number of hydrogen-bond donors (Lipinski definition) is 0. The van der Waals surface area contributed by atoms with E-state index in [9.17, 15) is 9.18 Å². The summed E-state index contributed by atoms with van der Waals surface area (Å²) in [6.45, 7) is 1.51. The molecule has 1 amide bonds. The summed E-state index contributed by atoms with van der Waals surface area (Å²) in [5.41, 5.74) is 1.13. The molecule has 0 spiro atoms. The van der Waals surface area contributed by atoms with Crippen LogP contribution in [-0.4, -0.2) is 33.9 Å². The van der Waals surface area contributed by atoms with Gasteiger partial charge in [-0.1, -0.05) is 0 Å². The second-order valence-corrected chi connectivity index (χ2v) is 4.75. The lowest BCUT2D eigenvalue weighted by molar-refractivity contribution is 0.0793. The van der Waals surface area contributed by atoms with Crippen molar-refractivity contribution >= 4 is 5.91 Å². The zero-order valence-corrected chi connectivity index (χ0v) is 10.9. The molecule has 1 aliphatic rings. The maximum absolute atomic E-state index is 13.9. The topological polar surface area (TPSA) is 46.1 Å². The van der Waals surface area contributed by atoms with Crippen LogP contribution in [0.25, 0.3) is 11.3 Å². The fourth-order valence-electron chi connectivity index (χ4n) is 2.45. The van der Waals surface area contributed by atoms with Crippen molar-refractivity contribution in [2.75, 3.05) is 13.1 Å². The molecule has 20 heavy (non-hydrogen) atoms. The predicted octanol–water partition coefficient (Wildman–Crippen LogP) is 2.52. The van der Waals surface area contributed by atoms with Crippen LogP contribution in [0.2, 0.25) is 0 Å². The van der Waals surface area contributed by atoms with Crippen molar-refractivity contribution in [2.24, 2.45) is 0 Å². The molecule has 3 rings (SSSR count). The van der Waals surface area contributed by atoms with Gasteiger partial charge in [-0.2, -0.15) is 0 Å². The van der Waals surface area contributed by atoms with Crippen LogP contribution in [0.4, 0.5) is 4.39 Å². The van der Waals surface area contributed by atoms with Crippen molar-refractivity contribution in [2.45, 2.75) is 12.8 Å². The number of hydrogen-bond acceptors (Lipinski definition) is 3. The minimum Gasteiger partial charge on any atom is -0.339 e. The summed E-state index contributed by atoms with van der Waals surface area (Å²) < 4.78 is 13.9. The van der Waals surface area contributed by atoms with Crippen LogP contribution in [0.5, 0.6) is 0 Å². The monoisotopic (exact) mass is 271 g/mol. The molecule has 1 fully saturated rings. The van der Waals surface area contributed by atoms with Gasteiger partial charge in [0.1, 0.15) is 0 Å². The third-order valence-electron chi connectivity index (χ3n) is 3.46. The lowest BCUT2D eigenvalue weighted by atomic mass is 10.1. The van der Waals surface area contributed by atoms with Crippen LogP contribution in [0.1, 0.15) is 23.2 Å². The minimum atomic E-state index is -0.471. The standard InChI is InChI=1S/C15H14FN3O/c16-13-10-17-7-5-11(13)14-12(4-3-6-18-14)15(20)19-8-1-2-9-19/h3-7,10H,1-2,8-9H2. The average molecular weight is 271 g/mol. The molecule has 0 unspecified atom stereocenters. The third kappa shape index (κ3) is 2.27. The lowest BCUT2D eigenvalue weighted by Gasteiger charge is -2.17.